The normalized spacial score (nSPS) is 14.2. The summed E-state index contributed by atoms with van der Waals surface area (Å²) in [5.74, 6) is -0.891. The van der Waals surface area contributed by atoms with E-state index in [2.05, 4.69) is 86.8 Å². The highest BCUT2D eigenvalue weighted by molar-refractivity contribution is 7.47. The zero-order valence-electron chi connectivity index (χ0n) is 37.5. The lowest BCUT2D eigenvalue weighted by Gasteiger charge is -2.24. The predicted octanol–water partition coefficient (Wildman–Crippen LogP) is 13.0. The first-order valence-electron chi connectivity index (χ1n) is 22.7. The first-order chi connectivity index (χ1) is 28.0. The molecule has 0 aromatic rings. The Balaban J connectivity index is 4.49. The number of nitrogens with zero attached hydrogens (tertiary/aromatic N) is 1. The third kappa shape index (κ3) is 43.0. The van der Waals surface area contributed by atoms with Crippen molar-refractivity contribution in [2.45, 2.75) is 174 Å². The van der Waals surface area contributed by atoms with Gasteiger partial charge in [0.05, 0.1) is 27.7 Å². The minimum Gasteiger partial charge on any atom is -0.462 e. The number of unbranched alkanes of at least 4 members (excludes halogenated alkanes) is 14. The molecule has 0 spiro atoms. The average Bonchev–Trinajstić information content (AvgIpc) is 3.17. The number of carbonyl (C=O) groups excluding carboxylic acids is 2. The SMILES string of the molecule is CCCCC/C=C/C/C=C/C/C=C/CCCCCCC(=O)O[C@H](COC(=O)CCC/C=C/C/C=C/C/C=C/CCCCCCCC)COP(=O)(O)OCC[N+](C)(C)C. The molecule has 334 valence electrons. The molecule has 10 heteroatoms. The number of allylic oxidation sites excluding steroid dienone is 12. The molecule has 9 nitrogen and oxygen atoms in total. The van der Waals surface area contributed by atoms with Crippen LogP contribution in [-0.2, 0) is 32.7 Å². The fourth-order valence-electron chi connectivity index (χ4n) is 5.62. The fraction of sp³-hybridized carbons (Fsp3) is 0.708. The number of quaternary nitrogens is 1. The molecule has 0 heterocycles. The molecule has 0 saturated heterocycles. The number of rotatable bonds is 40. The zero-order valence-corrected chi connectivity index (χ0v) is 38.4. The molecule has 0 aromatic heterocycles. The van der Waals surface area contributed by atoms with Crippen LogP contribution in [0.2, 0.25) is 0 Å². The molecule has 58 heavy (non-hydrogen) atoms. The number of hydrogen-bond acceptors (Lipinski definition) is 7. The second-order valence-electron chi connectivity index (χ2n) is 16.1. The van der Waals surface area contributed by atoms with E-state index in [-0.39, 0.29) is 26.1 Å². The maximum Gasteiger partial charge on any atom is 0.472 e. The topological polar surface area (TPSA) is 108 Å². The molecular formula is C48H85NO8P+. The molecule has 0 aliphatic heterocycles. The summed E-state index contributed by atoms with van der Waals surface area (Å²) >= 11 is 0. The van der Waals surface area contributed by atoms with E-state index in [1.807, 2.05) is 21.1 Å². The van der Waals surface area contributed by atoms with Crippen molar-refractivity contribution in [3.8, 4) is 0 Å². The largest absolute Gasteiger partial charge is 0.472 e. The van der Waals surface area contributed by atoms with Crippen LogP contribution in [0.5, 0.6) is 0 Å². The Morgan fingerprint density at radius 2 is 0.948 bits per heavy atom. The van der Waals surface area contributed by atoms with Gasteiger partial charge in [0.15, 0.2) is 6.10 Å². The van der Waals surface area contributed by atoms with Crippen LogP contribution in [0.15, 0.2) is 72.9 Å². The Labute approximate surface area is 355 Å². The van der Waals surface area contributed by atoms with Gasteiger partial charge in [-0.1, -0.05) is 145 Å². The maximum absolute atomic E-state index is 12.7. The van der Waals surface area contributed by atoms with Crippen molar-refractivity contribution in [1.82, 2.24) is 0 Å². The van der Waals surface area contributed by atoms with Gasteiger partial charge in [0.2, 0.25) is 0 Å². The summed E-state index contributed by atoms with van der Waals surface area (Å²) in [5, 5.41) is 0. The lowest BCUT2D eigenvalue weighted by Crippen LogP contribution is -2.37. The van der Waals surface area contributed by atoms with Crippen LogP contribution < -0.4 is 0 Å². The molecule has 0 aliphatic rings. The molecule has 1 unspecified atom stereocenters. The highest BCUT2D eigenvalue weighted by Gasteiger charge is 2.27. The van der Waals surface area contributed by atoms with Crippen molar-refractivity contribution < 1.29 is 42.1 Å². The molecule has 0 bridgehead atoms. The molecule has 0 aromatic carbocycles. The van der Waals surface area contributed by atoms with E-state index in [1.165, 1.54) is 64.2 Å². The Kier molecular flexibility index (Phi) is 38.1. The zero-order chi connectivity index (χ0) is 42.8. The van der Waals surface area contributed by atoms with E-state index in [0.717, 1.165) is 64.2 Å². The quantitative estimate of drug-likeness (QED) is 0.0214. The number of phosphoric ester groups is 1. The molecule has 0 amide bonds. The predicted molar refractivity (Wildman–Crippen MR) is 242 cm³/mol. The number of esters is 2. The van der Waals surface area contributed by atoms with Crippen molar-refractivity contribution in [3.63, 3.8) is 0 Å². The first kappa shape index (κ1) is 55.5. The molecule has 1 N–H and O–H groups in total. The number of carbonyl (C=O) groups is 2. The Hall–Kier alpha value is -2.55. The van der Waals surface area contributed by atoms with Crippen LogP contribution in [0.3, 0.4) is 0 Å². The van der Waals surface area contributed by atoms with Gasteiger partial charge in [-0.2, -0.15) is 0 Å². The lowest BCUT2D eigenvalue weighted by molar-refractivity contribution is -0.870. The molecule has 0 aliphatic carbocycles. The lowest BCUT2D eigenvalue weighted by atomic mass is 10.1. The highest BCUT2D eigenvalue weighted by atomic mass is 31.2. The van der Waals surface area contributed by atoms with Crippen LogP contribution in [0.4, 0.5) is 0 Å². The van der Waals surface area contributed by atoms with Crippen molar-refractivity contribution in [1.29, 1.82) is 0 Å². The van der Waals surface area contributed by atoms with Crippen molar-refractivity contribution in [2.24, 2.45) is 0 Å². The van der Waals surface area contributed by atoms with E-state index < -0.39 is 32.5 Å². The van der Waals surface area contributed by atoms with Gasteiger partial charge in [0.1, 0.15) is 19.8 Å². The Morgan fingerprint density at radius 3 is 1.47 bits per heavy atom. The monoisotopic (exact) mass is 835 g/mol. The van der Waals surface area contributed by atoms with Crippen LogP contribution in [0, 0.1) is 0 Å². The van der Waals surface area contributed by atoms with Crippen LogP contribution in [0.25, 0.3) is 0 Å². The number of phosphoric acid groups is 1. The smallest absolute Gasteiger partial charge is 0.462 e. The minimum absolute atomic E-state index is 0.0160. The van der Waals surface area contributed by atoms with Gasteiger partial charge in [-0.3, -0.25) is 18.6 Å². The van der Waals surface area contributed by atoms with Gasteiger partial charge in [-0.25, -0.2) is 4.57 Å². The summed E-state index contributed by atoms with van der Waals surface area (Å²) in [6, 6.07) is 0. The molecule has 0 saturated carbocycles. The van der Waals surface area contributed by atoms with E-state index in [1.54, 1.807) is 0 Å². The number of ether oxygens (including phenoxy) is 2. The molecule has 2 atom stereocenters. The molecule has 0 rings (SSSR count). The molecule has 0 radical (unpaired) electrons. The van der Waals surface area contributed by atoms with E-state index in [9.17, 15) is 19.0 Å². The third-order valence-corrected chi connectivity index (χ3v) is 10.2. The van der Waals surface area contributed by atoms with Crippen molar-refractivity contribution in [2.75, 3.05) is 47.5 Å². The van der Waals surface area contributed by atoms with Gasteiger partial charge >= 0.3 is 19.8 Å². The summed E-state index contributed by atoms with van der Waals surface area (Å²) in [6.07, 6.45) is 49.6. The van der Waals surface area contributed by atoms with Gasteiger partial charge in [0, 0.05) is 12.8 Å². The Morgan fingerprint density at radius 1 is 0.534 bits per heavy atom. The second kappa shape index (κ2) is 39.9. The number of hydrogen-bond donors (Lipinski definition) is 1. The van der Waals surface area contributed by atoms with Crippen LogP contribution in [0.1, 0.15) is 168 Å². The third-order valence-electron chi connectivity index (χ3n) is 9.21. The van der Waals surface area contributed by atoms with Gasteiger partial charge < -0.3 is 18.9 Å². The maximum atomic E-state index is 12.7. The van der Waals surface area contributed by atoms with E-state index >= 15 is 0 Å². The highest BCUT2D eigenvalue weighted by Crippen LogP contribution is 2.43. The average molecular weight is 835 g/mol. The van der Waals surface area contributed by atoms with Crippen LogP contribution >= 0.6 is 7.82 Å². The van der Waals surface area contributed by atoms with E-state index in [4.69, 9.17) is 18.5 Å². The van der Waals surface area contributed by atoms with Crippen molar-refractivity contribution in [3.05, 3.63) is 72.9 Å². The molecular weight excluding hydrogens is 750 g/mol. The van der Waals surface area contributed by atoms with Crippen LogP contribution in [-0.4, -0.2) is 74.9 Å². The first-order valence-corrected chi connectivity index (χ1v) is 24.2. The van der Waals surface area contributed by atoms with E-state index in [0.29, 0.717) is 23.9 Å². The summed E-state index contributed by atoms with van der Waals surface area (Å²) in [4.78, 5) is 35.4. The van der Waals surface area contributed by atoms with Gasteiger partial charge in [-0.05, 0) is 83.5 Å². The summed E-state index contributed by atoms with van der Waals surface area (Å²) in [7, 11) is 1.42. The second-order valence-corrected chi connectivity index (χ2v) is 17.5. The van der Waals surface area contributed by atoms with Crippen molar-refractivity contribution >= 4 is 19.8 Å². The van der Waals surface area contributed by atoms with Gasteiger partial charge in [-0.15, -0.1) is 0 Å². The Bertz CT molecular complexity index is 1220. The molecule has 0 fully saturated rings. The standard InChI is InChI=1S/C48H84NO8P/c1-6-8-10-12-14-16-18-20-22-24-26-28-30-32-34-36-38-40-47(50)54-44-46(45-56-58(52,53)55-43-42-49(3,4)5)57-48(51)41-39-37-35-33-31-29-27-25-23-21-19-17-15-13-11-9-7-2/h15,17,20-23,26-29,32,34,46H,6-14,16,18-19,24-25,30-31,33,35-45H2,1-5H3/p+1/b17-15+,22-20+,23-21+,28-26+,29-27+,34-32+/t46-/m1/s1. The summed E-state index contributed by atoms with van der Waals surface area (Å²) in [6.45, 7) is 4.29. The summed E-state index contributed by atoms with van der Waals surface area (Å²) < 4.78 is 34.2. The minimum atomic E-state index is -4.40. The summed E-state index contributed by atoms with van der Waals surface area (Å²) in [5.41, 5.74) is 0. The van der Waals surface area contributed by atoms with Gasteiger partial charge in [0.25, 0.3) is 0 Å². The number of likely N-dealkylation sites (N-methyl/N-ethyl adjacent to an activating group) is 1. The fourth-order valence-corrected chi connectivity index (χ4v) is 6.36.